The van der Waals surface area contributed by atoms with Gasteiger partial charge in [0.2, 0.25) is 0 Å². The summed E-state index contributed by atoms with van der Waals surface area (Å²) in [6.07, 6.45) is 2.71. The zero-order chi connectivity index (χ0) is 27.7. The second-order valence-electron chi connectivity index (χ2n) is 9.65. The molecule has 3 rings (SSSR count). The number of ether oxygens (including phenoxy) is 1. The number of anilines is 1. The molecule has 1 saturated heterocycles. The summed E-state index contributed by atoms with van der Waals surface area (Å²) in [5.41, 5.74) is 3.26. The monoisotopic (exact) mass is 540 g/mol. The molecule has 1 aromatic carbocycles. The highest BCUT2D eigenvalue weighted by molar-refractivity contribution is 6.31. The molecule has 8 heteroatoms. The van der Waals surface area contributed by atoms with E-state index in [-0.39, 0.29) is 17.1 Å². The second-order valence-corrected chi connectivity index (χ2v) is 10.1. The second kappa shape index (κ2) is 14.2. The lowest BCUT2D eigenvalue weighted by atomic mass is 10.1. The number of hydrogen-bond acceptors (Lipinski definition) is 6. The molecule has 2 aromatic rings. The van der Waals surface area contributed by atoms with E-state index in [9.17, 15) is 9.18 Å². The van der Waals surface area contributed by atoms with E-state index in [1.165, 1.54) is 11.6 Å². The molecular weight excluding hydrogens is 503 g/mol. The van der Waals surface area contributed by atoms with Crippen molar-refractivity contribution in [3.8, 4) is 0 Å². The van der Waals surface area contributed by atoms with Crippen molar-refractivity contribution < 1.29 is 13.9 Å². The third-order valence-electron chi connectivity index (χ3n) is 6.48. The van der Waals surface area contributed by atoms with Crippen LogP contribution in [0.2, 0.25) is 0 Å². The smallest absolute Gasteiger partial charge is 0.342 e. The Morgan fingerprint density at radius 2 is 1.84 bits per heavy atom. The first-order chi connectivity index (χ1) is 18.2. The molecule has 0 bridgehead atoms. The number of hydrogen-bond donors (Lipinski definition) is 0. The summed E-state index contributed by atoms with van der Waals surface area (Å²) >= 11 is 6.02. The van der Waals surface area contributed by atoms with Crippen molar-refractivity contribution in [3.63, 3.8) is 0 Å². The predicted octanol–water partition coefficient (Wildman–Crippen LogP) is 5.95. The third kappa shape index (κ3) is 8.25. The molecule has 0 amide bonds. The van der Waals surface area contributed by atoms with Crippen LogP contribution in [0.3, 0.4) is 0 Å². The number of aromatic nitrogens is 1. The zero-order valence-corrected chi connectivity index (χ0v) is 23.4. The molecule has 1 aromatic heterocycles. The van der Waals surface area contributed by atoms with Gasteiger partial charge in [0.1, 0.15) is 17.2 Å². The molecule has 1 aliphatic rings. The van der Waals surface area contributed by atoms with Crippen LogP contribution in [-0.2, 0) is 17.8 Å². The number of benzene rings is 1. The first-order valence-corrected chi connectivity index (χ1v) is 13.4. The number of likely N-dealkylation sites (N-methyl/N-ethyl adjacent to an activating group) is 1. The zero-order valence-electron chi connectivity index (χ0n) is 22.6. The lowest BCUT2D eigenvalue weighted by molar-refractivity contribution is 0.0378. The largest absolute Gasteiger partial charge is 0.459 e. The van der Waals surface area contributed by atoms with Gasteiger partial charge in [0.05, 0.1) is 6.10 Å². The molecular formula is C30H38ClFN4O2. The number of pyridine rings is 1. The Hall–Kier alpha value is -3.00. The van der Waals surface area contributed by atoms with Crippen molar-refractivity contribution in [2.75, 3.05) is 44.2 Å². The summed E-state index contributed by atoms with van der Waals surface area (Å²) in [5.74, 6) is -0.0852. The number of halogens is 2. The molecule has 204 valence electrons. The van der Waals surface area contributed by atoms with Crippen molar-refractivity contribution in [2.24, 2.45) is 0 Å². The van der Waals surface area contributed by atoms with Gasteiger partial charge in [-0.1, -0.05) is 55.9 Å². The van der Waals surface area contributed by atoms with Crippen molar-refractivity contribution in [2.45, 2.75) is 40.0 Å². The van der Waals surface area contributed by atoms with Crippen molar-refractivity contribution in [3.05, 3.63) is 95.0 Å². The van der Waals surface area contributed by atoms with Gasteiger partial charge in [0.25, 0.3) is 0 Å². The molecule has 0 radical (unpaired) electrons. The van der Waals surface area contributed by atoms with E-state index in [0.29, 0.717) is 30.0 Å². The minimum absolute atomic E-state index is 0.177. The summed E-state index contributed by atoms with van der Waals surface area (Å²) < 4.78 is 19.5. The summed E-state index contributed by atoms with van der Waals surface area (Å²) in [6.45, 7) is 18.9. The number of piperazine rings is 1. The number of allylic oxidation sites excluding steroid dienone is 2. The van der Waals surface area contributed by atoms with Gasteiger partial charge < -0.3 is 9.64 Å². The van der Waals surface area contributed by atoms with Gasteiger partial charge in [0, 0.05) is 62.6 Å². The summed E-state index contributed by atoms with van der Waals surface area (Å²) in [6, 6.07) is 12.1. The van der Waals surface area contributed by atoms with Gasteiger partial charge in [-0.15, -0.1) is 0 Å². The minimum atomic E-state index is -0.436. The third-order valence-corrected chi connectivity index (χ3v) is 6.71. The highest BCUT2D eigenvalue weighted by Crippen LogP contribution is 2.23. The van der Waals surface area contributed by atoms with Crippen LogP contribution in [0.5, 0.6) is 0 Å². The maximum atomic E-state index is 14.1. The minimum Gasteiger partial charge on any atom is -0.459 e. The number of rotatable bonds is 12. The summed E-state index contributed by atoms with van der Waals surface area (Å²) in [7, 11) is 0. The Labute approximate surface area is 231 Å². The van der Waals surface area contributed by atoms with E-state index in [2.05, 4.69) is 57.1 Å². The number of esters is 1. The van der Waals surface area contributed by atoms with E-state index in [1.54, 1.807) is 18.3 Å². The van der Waals surface area contributed by atoms with Crippen LogP contribution in [0.1, 0.15) is 42.3 Å². The van der Waals surface area contributed by atoms with Gasteiger partial charge in [-0.2, -0.15) is 0 Å². The fourth-order valence-corrected chi connectivity index (χ4v) is 4.54. The Morgan fingerprint density at radius 1 is 1.18 bits per heavy atom. The molecule has 1 aliphatic heterocycles. The number of carbonyl (C=O) groups excluding carboxylic acids is 1. The van der Waals surface area contributed by atoms with Crippen LogP contribution < -0.4 is 4.90 Å². The first-order valence-electron chi connectivity index (χ1n) is 13.0. The molecule has 0 atom stereocenters. The molecule has 2 heterocycles. The maximum absolute atomic E-state index is 14.1. The Kier molecular flexibility index (Phi) is 11.1. The van der Waals surface area contributed by atoms with E-state index >= 15 is 0 Å². The maximum Gasteiger partial charge on any atom is 0.342 e. The van der Waals surface area contributed by atoms with E-state index in [1.807, 2.05) is 20.8 Å². The van der Waals surface area contributed by atoms with Crippen molar-refractivity contribution in [1.82, 2.24) is 14.8 Å². The normalized spacial score (nSPS) is 15.0. The van der Waals surface area contributed by atoms with Crippen molar-refractivity contribution >= 4 is 23.4 Å². The molecule has 0 aliphatic carbocycles. The van der Waals surface area contributed by atoms with E-state index in [4.69, 9.17) is 16.3 Å². The fourth-order valence-electron chi connectivity index (χ4n) is 4.39. The Balaban J connectivity index is 1.56. The van der Waals surface area contributed by atoms with Crippen LogP contribution in [0.4, 0.5) is 10.2 Å². The quantitative estimate of drug-likeness (QED) is 0.245. The van der Waals surface area contributed by atoms with Gasteiger partial charge >= 0.3 is 5.97 Å². The lowest BCUT2D eigenvalue weighted by Crippen LogP contribution is -2.46. The van der Waals surface area contributed by atoms with Gasteiger partial charge in [-0.25, -0.2) is 14.2 Å². The fraction of sp³-hybridized carbons (Fsp3) is 0.400. The van der Waals surface area contributed by atoms with Crippen LogP contribution in [0, 0.1) is 0 Å². The average Bonchev–Trinajstić information content (AvgIpc) is 2.91. The predicted molar refractivity (Wildman–Crippen MR) is 153 cm³/mol. The summed E-state index contributed by atoms with van der Waals surface area (Å²) in [5, 5.41) is 0.200. The average molecular weight is 541 g/mol. The summed E-state index contributed by atoms with van der Waals surface area (Å²) in [4.78, 5) is 23.7. The standard InChI is InChI=1S/C30H38ClFN4O2/c1-6-28(32)27(23(5)31)21-34(7-2)19-24-10-12-25(13-11-24)20-35-15-17-36(18-16-35)29-26(9-8-14-33-29)30(37)38-22(3)4/h6,8-14,22H,1,5,7,15-21H2,2-4H3/b28-27+. The molecule has 38 heavy (non-hydrogen) atoms. The van der Waals surface area contributed by atoms with Gasteiger partial charge in [0.15, 0.2) is 0 Å². The highest BCUT2D eigenvalue weighted by Gasteiger charge is 2.24. The Morgan fingerprint density at radius 3 is 2.42 bits per heavy atom. The topological polar surface area (TPSA) is 48.9 Å². The number of carbonyl (C=O) groups is 1. The SMILES string of the molecule is C=C/C(F)=C(/CN(CC)Cc1ccc(CN2CCN(c3ncccc3C(=O)OC(C)C)CC2)cc1)C(=C)Cl. The molecule has 6 nitrogen and oxygen atoms in total. The van der Waals surface area contributed by atoms with Crippen LogP contribution in [-0.4, -0.2) is 66.1 Å². The molecule has 0 spiro atoms. The molecule has 0 unspecified atom stereocenters. The van der Waals surface area contributed by atoms with E-state index in [0.717, 1.165) is 44.8 Å². The first kappa shape index (κ1) is 29.6. The number of nitrogens with zero attached hydrogens (tertiary/aromatic N) is 4. The lowest BCUT2D eigenvalue weighted by Gasteiger charge is -2.36. The van der Waals surface area contributed by atoms with Crippen LogP contribution >= 0.6 is 11.6 Å². The van der Waals surface area contributed by atoms with Crippen LogP contribution in [0.25, 0.3) is 0 Å². The van der Waals surface area contributed by atoms with Gasteiger partial charge in [-0.05, 0) is 49.7 Å². The van der Waals surface area contributed by atoms with Crippen LogP contribution in [0.15, 0.2) is 78.3 Å². The Bertz CT molecular complexity index is 1140. The molecule has 1 fully saturated rings. The molecule has 0 saturated carbocycles. The van der Waals surface area contributed by atoms with E-state index < -0.39 is 5.83 Å². The van der Waals surface area contributed by atoms with Gasteiger partial charge in [-0.3, -0.25) is 9.80 Å². The highest BCUT2D eigenvalue weighted by atomic mass is 35.5. The molecule has 0 N–H and O–H groups in total. The van der Waals surface area contributed by atoms with Crippen molar-refractivity contribution in [1.29, 1.82) is 0 Å².